The number of amides is 3. The third kappa shape index (κ3) is 5.67. The summed E-state index contributed by atoms with van der Waals surface area (Å²) < 4.78 is 12.3. The van der Waals surface area contributed by atoms with Crippen LogP contribution < -0.4 is 20.3 Å². The summed E-state index contributed by atoms with van der Waals surface area (Å²) in [6.45, 7) is 13.9. The van der Waals surface area contributed by atoms with Gasteiger partial charge < -0.3 is 35.0 Å². The minimum atomic E-state index is -1.20. The molecule has 2 bridgehead atoms. The first-order valence-corrected chi connectivity index (χ1v) is 16.4. The molecule has 7 atom stereocenters. The summed E-state index contributed by atoms with van der Waals surface area (Å²) in [7, 11) is 0. The second kappa shape index (κ2) is 13.0. The third-order valence-electron chi connectivity index (χ3n) is 10.3. The van der Waals surface area contributed by atoms with Gasteiger partial charge in [-0.1, -0.05) is 20.3 Å². The molecule has 3 heterocycles. The maximum Gasteiger partial charge on any atom is 0.250 e. The summed E-state index contributed by atoms with van der Waals surface area (Å²) in [5.74, 6) is -2.07. The van der Waals surface area contributed by atoms with Crippen LogP contribution in [-0.2, 0) is 19.1 Å². The van der Waals surface area contributed by atoms with Gasteiger partial charge in [0, 0.05) is 30.2 Å². The Morgan fingerprint density at radius 3 is 2.16 bits per heavy atom. The van der Waals surface area contributed by atoms with Gasteiger partial charge in [-0.2, -0.15) is 0 Å². The third-order valence-corrected chi connectivity index (χ3v) is 10.3. The molecule has 0 aromatic heterocycles. The number of ether oxygens (including phenoxy) is 2. The lowest BCUT2D eigenvalue weighted by Crippen LogP contribution is -2.57. The molecule has 3 saturated heterocycles. The van der Waals surface area contributed by atoms with E-state index in [0.29, 0.717) is 43.0 Å². The fraction of sp³-hybridized carbons (Fsp3) is 0.571. The summed E-state index contributed by atoms with van der Waals surface area (Å²) in [6.07, 6.45) is 1.69. The molecule has 2 aromatic rings. The molecule has 0 aliphatic carbocycles. The number of carbonyl (C=O) groups is 3. The molecule has 10 heteroatoms. The summed E-state index contributed by atoms with van der Waals surface area (Å²) in [4.78, 5) is 46.6. The number of aliphatic hydroxyl groups excluding tert-OH is 1. The number of aliphatic hydroxyl groups is 1. The van der Waals surface area contributed by atoms with E-state index in [1.54, 1.807) is 29.2 Å². The number of nitrogens with one attached hydrogen (secondary N) is 2. The van der Waals surface area contributed by atoms with Crippen LogP contribution in [0.5, 0.6) is 5.75 Å². The van der Waals surface area contributed by atoms with Crippen molar-refractivity contribution >= 4 is 34.8 Å². The van der Waals surface area contributed by atoms with Gasteiger partial charge in [0.2, 0.25) is 17.7 Å². The zero-order valence-corrected chi connectivity index (χ0v) is 27.3. The highest BCUT2D eigenvalue weighted by molar-refractivity contribution is 6.05. The van der Waals surface area contributed by atoms with Crippen molar-refractivity contribution in [3.05, 3.63) is 48.5 Å². The Kier molecular flexibility index (Phi) is 9.46. The van der Waals surface area contributed by atoms with Gasteiger partial charge in [0.25, 0.3) is 0 Å². The maximum absolute atomic E-state index is 14.5. The van der Waals surface area contributed by atoms with Crippen LogP contribution in [0.25, 0.3) is 0 Å². The number of hydrogen-bond acceptors (Lipinski definition) is 7. The van der Waals surface area contributed by atoms with Crippen molar-refractivity contribution in [3.63, 3.8) is 0 Å². The normalized spacial score (nSPS) is 28.0. The van der Waals surface area contributed by atoms with E-state index in [0.717, 1.165) is 18.8 Å². The average molecular weight is 621 g/mol. The highest BCUT2D eigenvalue weighted by Crippen LogP contribution is 2.63. The van der Waals surface area contributed by atoms with Gasteiger partial charge in [0.15, 0.2) is 0 Å². The Balaban J connectivity index is 1.48. The molecular formula is C35H48N4O6. The van der Waals surface area contributed by atoms with E-state index in [1.165, 1.54) is 0 Å². The minimum absolute atomic E-state index is 0.0817. The lowest BCUT2D eigenvalue weighted by molar-refractivity contribution is -0.148. The van der Waals surface area contributed by atoms with Gasteiger partial charge in [-0.3, -0.25) is 14.4 Å². The molecule has 3 fully saturated rings. The summed E-state index contributed by atoms with van der Waals surface area (Å²) in [5, 5.41) is 16.6. The summed E-state index contributed by atoms with van der Waals surface area (Å²) in [6, 6.07) is 13.2. The number of fused-ring (bicyclic) bond motifs is 1. The number of carbonyl (C=O) groups excluding carboxylic acids is 3. The minimum Gasteiger partial charge on any atom is -0.494 e. The molecule has 0 saturated carbocycles. The van der Waals surface area contributed by atoms with Gasteiger partial charge in [-0.15, -0.1) is 0 Å². The zero-order chi connectivity index (χ0) is 32.5. The van der Waals surface area contributed by atoms with Crippen molar-refractivity contribution in [2.45, 2.75) is 84.1 Å². The number of nitrogens with zero attached hydrogens (tertiary/aromatic N) is 2. The lowest BCUT2D eigenvalue weighted by Gasteiger charge is -2.39. The quantitative estimate of drug-likeness (QED) is 0.298. The van der Waals surface area contributed by atoms with Crippen LogP contribution >= 0.6 is 0 Å². The Labute approximate surface area is 266 Å². The topological polar surface area (TPSA) is 120 Å². The highest BCUT2D eigenvalue weighted by atomic mass is 16.5. The first-order valence-electron chi connectivity index (χ1n) is 16.4. The number of rotatable bonds is 13. The first-order chi connectivity index (χ1) is 21.6. The molecule has 2 unspecified atom stereocenters. The van der Waals surface area contributed by atoms with Crippen LogP contribution in [-0.4, -0.2) is 77.3 Å². The first kappa shape index (κ1) is 32.8. The average Bonchev–Trinajstić information content (AvgIpc) is 3.60. The van der Waals surface area contributed by atoms with E-state index in [1.807, 2.05) is 52.0 Å². The van der Waals surface area contributed by atoms with Crippen LogP contribution in [0.15, 0.2) is 48.5 Å². The summed E-state index contributed by atoms with van der Waals surface area (Å²) >= 11 is 0. The van der Waals surface area contributed by atoms with Crippen molar-refractivity contribution in [1.29, 1.82) is 0 Å². The van der Waals surface area contributed by atoms with Crippen molar-refractivity contribution in [2.24, 2.45) is 17.8 Å². The molecule has 3 amide bonds. The van der Waals surface area contributed by atoms with Gasteiger partial charge >= 0.3 is 0 Å². The second-order valence-corrected chi connectivity index (χ2v) is 12.8. The van der Waals surface area contributed by atoms with Gasteiger partial charge in [-0.05, 0) is 95.0 Å². The molecule has 45 heavy (non-hydrogen) atoms. The zero-order valence-electron chi connectivity index (χ0n) is 27.3. The van der Waals surface area contributed by atoms with Crippen LogP contribution in [0, 0.1) is 17.8 Å². The molecule has 5 rings (SSSR count). The largest absolute Gasteiger partial charge is 0.494 e. The highest BCUT2D eigenvalue weighted by Gasteiger charge is 2.78. The maximum atomic E-state index is 14.5. The van der Waals surface area contributed by atoms with Crippen molar-refractivity contribution in [2.75, 3.05) is 41.8 Å². The second-order valence-electron chi connectivity index (χ2n) is 12.8. The molecule has 0 radical (unpaired) electrons. The van der Waals surface area contributed by atoms with E-state index >= 15 is 0 Å². The smallest absolute Gasteiger partial charge is 0.250 e. The Morgan fingerprint density at radius 2 is 1.60 bits per heavy atom. The molecule has 10 nitrogen and oxygen atoms in total. The molecule has 2 aromatic carbocycles. The van der Waals surface area contributed by atoms with E-state index in [-0.39, 0.29) is 30.2 Å². The standard InChI is InChI=1S/C35H48N4O6/c1-7-22(5)27(21-40)39-30(32(42)37-23-11-15-25(16-12-23)38(8-2)9-3)35-20-19-34(6,45-35)28(29(35)33(39)43)31(41)36-24-13-17-26(18-14-24)44-10-4/h11-18,22,27-30,40H,7-10,19-21H2,1-6H3,(H,36,41)(H,37,42)/t22-,27-,28+,29-,30?,34-,35?/m0/s1. The SMILES string of the molecule is CCOc1ccc(NC(=O)[C@H]2[C@H]3C(=O)N([C@@H](CO)[C@@H](C)CC)C(C(=O)Nc4ccc(N(CC)CC)cc4)C34CC[C@]2(C)O4)cc1. The fourth-order valence-corrected chi connectivity index (χ4v) is 7.81. The van der Waals surface area contributed by atoms with E-state index < -0.39 is 35.1 Å². The van der Waals surface area contributed by atoms with Crippen molar-refractivity contribution in [3.8, 4) is 5.75 Å². The molecular weight excluding hydrogens is 572 g/mol. The van der Waals surface area contributed by atoms with Gasteiger partial charge in [-0.25, -0.2) is 0 Å². The van der Waals surface area contributed by atoms with Crippen LogP contribution in [0.3, 0.4) is 0 Å². The number of anilines is 3. The molecule has 3 aliphatic heterocycles. The Hall–Kier alpha value is -3.63. The fourth-order valence-electron chi connectivity index (χ4n) is 7.81. The predicted molar refractivity (Wildman–Crippen MR) is 174 cm³/mol. The Morgan fingerprint density at radius 1 is 1.00 bits per heavy atom. The van der Waals surface area contributed by atoms with E-state index in [9.17, 15) is 19.5 Å². The summed E-state index contributed by atoms with van der Waals surface area (Å²) in [5.41, 5.74) is 0.131. The Bertz CT molecular complexity index is 1380. The molecule has 3 aliphatic rings. The molecule has 1 spiro atoms. The molecule has 244 valence electrons. The predicted octanol–water partition coefficient (Wildman–Crippen LogP) is 4.68. The van der Waals surface area contributed by atoms with Crippen LogP contribution in [0.1, 0.15) is 60.8 Å². The van der Waals surface area contributed by atoms with E-state index in [2.05, 4.69) is 29.4 Å². The van der Waals surface area contributed by atoms with Crippen molar-refractivity contribution in [1.82, 2.24) is 4.90 Å². The number of benzene rings is 2. The van der Waals surface area contributed by atoms with E-state index in [4.69, 9.17) is 9.47 Å². The lowest BCUT2D eigenvalue weighted by atomic mass is 9.66. The monoisotopic (exact) mass is 620 g/mol. The van der Waals surface area contributed by atoms with Crippen LogP contribution in [0.4, 0.5) is 17.1 Å². The molecule has 3 N–H and O–H groups in total. The van der Waals surface area contributed by atoms with Gasteiger partial charge in [0.1, 0.15) is 17.4 Å². The number of hydrogen-bond donors (Lipinski definition) is 3. The van der Waals surface area contributed by atoms with Gasteiger partial charge in [0.05, 0.1) is 36.7 Å². The van der Waals surface area contributed by atoms with Crippen molar-refractivity contribution < 1.29 is 29.0 Å². The van der Waals surface area contributed by atoms with Crippen LogP contribution in [0.2, 0.25) is 0 Å². The number of likely N-dealkylation sites (tertiary alicyclic amines) is 1.